The lowest BCUT2D eigenvalue weighted by Crippen LogP contribution is -2.36. The van der Waals surface area contributed by atoms with Gasteiger partial charge in [-0.2, -0.15) is 0 Å². The van der Waals surface area contributed by atoms with Crippen molar-refractivity contribution in [2.75, 3.05) is 9.80 Å². The number of benzene rings is 4. The zero-order chi connectivity index (χ0) is 35.5. The van der Waals surface area contributed by atoms with E-state index in [0.717, 1.165) is 39.5 Å². The van der Waals surface area contributed by atoms with Crippen molar-refractivity contribution in [1.29, 1.82) is 0 Å². The lowest BCUT2D eigenvalue weighted by Gasteiger charge is -2.47. The third-order valence-corrected chi connectivity index (χ3v) is 11.2. The minimum Gasteiger partial charge on any atom is -0.310 e. The molecule has 2 heterocycles. The molecule has 49 heavy (non-hydrogen) atoms. The second-order valence-electron chi connectivity index (χ2n) is 15.2. The van der Waals surface area contributed by atoms with E-state index < -0.39 is 0 Å². The summed E-state index contributed by atoms with van der Waals surface area (Å²) in [4.78, 5) is 4.80. The first-order valence-corrected chi connectivity index (χ1v) is 17.2. The number of hydrogen-bond acceptors (Lipinski definition) is 2. The Hall–Kier alpha value is -5.08. The fraction of sp³-hybridized carbons (Fsp3) is 0.234. The molecule has 2 aliphatic heterocycles. The summed E-state index contributed by atoms with van der Waals surface area (Å²) in [6, 6.07) is 33.2. The van der Waals surface area contributed by atoms with Gasteiger partial charge in [-0.15, -0.1) is 0 Å². The Morgan fingerprint density at radius 1 is 0.633 bits per heavy atom. The fourth-order valence-electron chi connectivity index (χ4n) is 7.49. The van der Waals surface area contributed by atoms with Crippen LogP contribution in [0.15, 0.2) is 158 Å². The van der Waals surface area contributed by atoms with E-state index in [1.807, 2.05) is 12.2 Å². The van der Waals surface area contributed by atoms with Crippen molar-refractivity contribution in [3.63, 3.8) is 0 Å². The van der Waals surface area contributed by atoms with Crippen LogP contribution in [0, 0.1) is 5.41 Å². The van der Waals surface area contributed by atoms with Crippen molar-refractivity contribution in [2.24, 2.45) is 5.41 Å². The van der Waals surface area contributed by atoms with E-state index in [4.69, 9.17) is 0 Å². The highest BCUT2D eigenvalue weighted by atomic mass is 15.2. The van der Waals surface area contributed by atoms with Crippen molar-refractivity contribution >= 4 is 34.0 Å². The third kappa shape index (κ3) is 5.35. The van der Waals surface area contributed by atoms with Crippen LogP contribution in [0.25, 0.3) is 5.57 Å². The summed E-state index contributed by atoms with van der Waals surface area (Å²) in [6.07, 6.45) is 6.22. The standard InChI is InChI=1S/C47H50N2/c1-13-37-41(14-2)48(35-21-17-15-18-22-35)43-30-44-40(29-39(43)46(37,9)10)47(11,12)38-28-34(32(5)27-33(6)45(7,8)31(3)4)25-26-42(38)49(44)36-23-19-16-20-24-36/h13-30H,1-3,6H2,4-5,7-12H3/b32-27+. The first kappa shape index (κ1) is 33.8. The van der Waals surface area contributed by atoms with Gasteiger partial charge >= 0.3 is 0 Å². The van der Waals surface area contributed by atoms with Gasteiger partial charge in [0.2, 0.25) is 0 Å². The number of nitrogens with zero attached hydrogens (tertiary/aromatic N) is 2. The minimum absolute atomic E-state index is 0.179. The Kier molecular flexibility index (Phi) is 8.35. The Morgan fingerprint density at radius 2 is 1.16 bits per heavy atom. The van der Waals surface area contributed by atoms with Gasteiger partial charge in [-0.25, -0.2) is 0 Å². The van der Waals surface area contributed by atoms with E-state index in [2.05, 4.69) is 189 Å². The van der Waals surface area contributed by atoms with Crippen molar-refractivity contribution in [3.8, 4) is 0 Å². The molecular formula is C47H50N2. The predicted octanol–water partition coefficient (Wildman–Crippen LogP) is 13.4. The smallest absolute Gasteiger partial charge is 0.0523 e. The molecule has 0 saturated heterocycles. The van der Waals surface area contributed by atoms with Crippen LogP contribution in [0.1, 0.15) is 77.6 Å². The minimum atomic E-state index is -0.299. The Labute approximate surface area is 294 Å². The van der Waals surface area contributed by atoms with Crippen LogP contribution in [-0.2, 0) is 10.8 Å². The Bertz CT molecular complexity index is 2070. The van der Waals surface area contributed by atoms with Crippen LogP contribution >= 0.6 is 0 Å². The number of hydrogen-bond donors (Lipinski definition) is 0. The monoisotopic (exact) mass is 642 g/mol. The van der Waals surface area contributed by atoms with E-state index in [1.165, 1.54) is 39.2 Å². The van der Waals surface area contributed by atoms with E-state index >= 15 is 0 Å². The number of rotatable bonds is 8. The molecule has 0 unspecified atom stereocenters. The molecule has 0 atom stereocenters. The van der Waals surface area contributed by atoms with Crippen LogP contribution in [-0.4, -0.2) is 0 Å². The van der Waals surface area contributed by atoms with Crippen LogP contribution in [0.4, 0.5) is 28.4 Å². The molecule has 0 amide bonds. The topological polar surface area (TPSA) is 6.48 Å². The third-order valence-electron chi connectivity index (χ3n) is 11.2. The first-order chi connectivity index (χ1) is 23.2. The molecule has 0 bridgehead atoms. The van der Waals surface area contributed by atoms with Gasteiger partial charge in [-0.05, 0) is 107 Å². The molecule has 2 heteroatoms. The van der Waals surface area contributed by atoms with E-state index in [9.17, 15) is 0 Å². The number of fused-ring (bicyclic) bond motifs is 3. The zero-order valence-electron chi connectivity index (χ0n) is 30.6. The normalized spacial score (nSPS) is 16.4. The number of anilines is 5. The fourth-order valence-corrected chi connectivity index (χ4v) is 7.49. The van der Waals surface area contributed by atoms with Crippen LogP contribution in [0.2, 0.25) is 0 Å². The molecule has 2 nitrogen and oxygen atoms in total. The van der Waals surface area contributed by atoms with Crippen LogP contribution < -0.4 is 9.80 Å². The molecule has 2 aliphatic rings. The van der Waals surface area contributed by atoms with E-state index in [-0.39, 0.29) is 16.2 Å². The molecule has 0 N–H and O–H groups in total. The Balaban J connectivity index is 1.63. The molecule has 0 radical (unpaired) electrons. The highest BCUT2D eigenvalue weighted by Gasteiger charge is 2.43. The average Bonchev–Trinajstić information content (AvgIpc) is 3.08. The largest absolute Gasteiger partial charge is 0.310 e. The maximum atomic E-state index is 4.45. The van der Waals surface area contributed by atoms with Crippen LogP contribution in [0.3, 0.4) is 0 Å². The second-order valence-corrected chi connectivity index (χ2v) is 15.2. The van der Waals surface area contributed by atoms with Crippen molar-refractivity contribution in [2.45, 2.75) is 66.2 Å². The van der Waals surface area contributed by atoms with Gasteiger partial charge in [0.15, 0.2) is 0 Å². The SMILES string of the molecule is C=CC1=C(C=C)C(C)(C)c2cc3c(cc2N1c1ccccc1)N(c1ccccc1)c1ccc(/C(C)=C/C(=C)C(C)(C)C(=C)C)cc1C3(C)C. The summed E-state index contributed by atoms with van der Waals surface area (Å²) in [7, 11) is 0. The molecule has 0 aromatic heterocycles. The first-order valence-electron chi connectivity index (χ1n) is 17.2. The molecular weight excluding hydrogens is 593 g/mol. The van der Waals surface area contributed by atoms with Crippen molar-refractivity contribution in [1.82, 2.24) is 0 Å². The predicted molar refractivity (Wildman–Crippen MR) is 214 cm³/mol. The summed E-state index contributed by atoms with van der Waals surface area (Å²) in [6.45, 7) is 35.3. The molecule has 4 aromatic rings. The summed E-state index contributed by atoms with van der Waals surface area (Å²) >= 11 is 0. The molecule has 6 rings (SSSR count). The molecule has 0 spiro atoms. The van der Waals surface area contributed by atoms with E-state index in [0.29, 0.717) is 0 Å². The van der Waals surface area contributed by atoms with Crippen molar-refractivity contribution < 1.29 is 0 Å². The van der Waals surface area contributed by atoms with Gasteiger partial charge in [0.05, 0.1) is 17.1 Å². The van der Waals surface area contributed by atoms with Gasteiger partial charge in [0.25, 0.3) is 0 Å². The highest BCUT2D eigenvalue weighted by molar-refractivity contribution is 5.92. The van der Waals surface area contributed by atoms with Crippen LogP contribution in [0.5, 0.6) is 0 Å². The summed E-state index contributed by atoms with van der Waals surface area (Å²) in [5.41, 5.74) is 15.6. The van der Waals surface area contributed by atoms with Crippen molar-refractivity contribution in [3.05, 3.63) is 180 Å². The highest BCUT2D eigenvalue weighted by Crippen LogP contribution is 2.57. The maximum Gasteiger partial charge on any atom is 0.0523 e. The Morgan fingerprint density at radius 3 is 1.71 bits per heavy atom. The molecule has 4 aromatic carbocycles. The van der Waals surface area contributed by atoms with Gasteiger partial charge in [0, 0.05) is 33.3 Å². The van der Waals surface area contributed by atoms with Gasteiger partial charge in [-0.3, -0.25) is 0 Å². The quantitative estimate of drug-likeness (QED) is 0.139. The lowest BCUT2D eigenvalue weighted by molar-refractivity contribution is 0.556. The molecule has 248 valence electrons. The second kappa shape index (κ2) is 12.1. The van der Waals surface area contributed by atoms with Gasteiger partial charge in [-0.1, -0.05) is 128 Å². The number of allylic oxidation sites excluding steroid dienone is 7. The molecule has 0 saturated carbocycles. The van der Waals surface area contributed by atoms with Gasteiger partial charge < -0.3 is 9.80 Å². The zero-order valence-corrected chi connectivity index (χ0v) is 30.6. The number of para-hydroxylation sites is 2. The maximum absolute atomic E-state index is 4.45. The molecule has 0 fully saturated rings. The lowest BCUT2D eigenvalue weighted by atomic mass is 9.67. The molecule has 0 aliphatic carbocycles. The summed E-state index contributed by atoms with van der Waals surface area (Å²) in [5, 5.41) is 0. The average molecular weight is 643 g/mol. The van der Waals surface area contributed by atoms with E-state index in [1.54, 1.807) is 0 Å². The van der Waals surface area contributed by atoms with Gasteiger partial charge in [0.1, 0.15) is 0 Å². The summed E-state index contributed by atoms with van der Waals surface area (Å²) in [5.74, 6) is 0. The summed E-state index contributed by atoms with van der Waals surface area (Å²) < 4.78 is 0.